The van der Waals surface area contributed by atoms with Crippen LogP contribution < -0.4 is 5.32 Å². The van der Waals surface area contributed by atoms with Gasteiger partial charge in [0.25, 0.3) is 0 Å². The molecule has 0 atom stereocenters. The summed E-state index contributed by atoms with van der Waals surface area (Å²) < 4.78 is 0. The minimum Gasteiger partial charge on any atom is -0.310 e. The van der Waals surface area contributed by atoms with E-state index in [1.807, 2.05) is 11.8 Å². The largest absolute Gasteiger partial charge is 0.310 e. The van der Waals surface area contributed by atoms with E-state index in [0.29, 0.717) is 0 Å². The Morgan fingerprint density at radius 3 is 2.15 bits per heavy atom. The molecule has 1 nitrogen and oxygen atoms in total. The highest BCUT2D eigenvalue weighted by molar-refractivity contribution is 7.99. The third-order valence-electron chi connectivity index (χ3n) is 4.42. The molecule has 1 fully saturated rings. The lowest BCUT2D eigenvalue weighted by Gasteiger charge is -2.28. The summed E-state index contributed by atoms with van der Waals surface area (Å²) in [6.07, 6.45) is 7.68. The van der Waals surface area contributed by atoms with E-state index in [0.717, 1.165) is 17.8 Å². The number of thioether (sulfide) groups is 1. The van der Waals surface area contributed by atoms with E-state index in [4.69, 9.17) is 0 Å². The first-order valence-corrected chi connectivity index (χ1v) is 9.13. The molecule has 0 spiro atoms. The Kier molecular flexibility index (Phi) is 5.57. The summed E-state index contributed by atoms with van der Waals surface area (Å²) in [5, 5.41) is 4.63. The summed E-state index contributed by atoms with van der Waals surface area (Å²) in [6, 6.07) is 9.84. The van der Waals surface area contributed by atoms with E-state index in [-0.39, 0.29) is 5.41 Å². The van der Waals surface area contributed by atoms with Crippen molar-refractivity contribution in [2.24, 2.45) is 0 Å². The fourth-order valence-corrected chi connectivity index (χ4v) is 3.63. The van der Waals surface area contributed by atoms with Crippen LogP contribution in [0, 0.1) is 0 Å². The van der Waals surface area contributed by atoms with Crippen LogP contribution in [-0.4, -0.2) is 17.5 Å². The van der Waals surface area contributed by atoms with Gasteiger partial charge in [0.15, 0.2) is 0 Å². The molecule has 0 radical (unpaired) electrons. The summed E-state index contributed by atoms with van der Waals surface area (Å²) >= 11 is 2.04. The molecule has 0 heterocycles. The molecule has 1 saturated carbocycles. The molecule has 1 aromatic carbocycles. The first-order chi connectivity index (χ1) is 9.49. The van der Waals surface area contributed by atoms with Crippen LogP contribution in [-0.2, 0) is 12.0 Å². The van der Waals surface area contributed by atoms with Crippen LogP contribution in [0.4, 0.5) is 0 Å². The van der Waals surface area contributed by atoms with Crippen molar-refractivity contribution in [1.29, 1.82) is 0 Å². The van der Waals surface area contributed by atoms with Gasteiger partial charge >= 0.3 is 0 Å². The van der Waals surface area contributed by atoms with E-state index < -0.39 is 0 Å². The van der Waals surface area contributed by atoms with Crippen molar-refractivity contribution in [3.8, 4) is 0 Å². The third-order valence-corrected chi connectivity index (χ3v) is 5.56. The highest BCUT2D eigenvalue weighted by Crippen LogP contribution is 2.27. The lowest BCUT2D eigenvalue weighted by Crippen LogP contribution is -2.33. The zero-order chi connectivity index (χ0) is 14.6. The number of benzene rings is 1. The van der Waals surface area contributed by atoms with Gasteiger partial charge in [-0.05, 0) is 48.5 Å². The van der Waals surface area contributed by atoms with Gasteiger partial charge in [-0.15, -0.1) is 0 Å². The lowest BCUT2D eigenvalue weighted by molar-refractivity contribution is 0.379. The zero-order valence-electron chi connectivity index (χ0n) is 13.4. The lowest BCUT2D eigenvalue weighted by atomic mass is 9.86. The number of hydrogen-bond acceptors (Lipinski definition) is 2. The second-order valence-corrected chi connectivity index (χ2v) is 8.18. The van der Waals surface area contributed by atoms with Crippen LogP contribution in [0.15, 0.2) is 24.3 Å². The molecular weight excluding hydrogens is 262 g/mol. The SMILES string of the molecule is CSC1CCC(NCc2ccc(C(C)(C)C)cc2)CC1. The molecule has 0 amide bonds. The molecule has 1 aliphatic carbocycles. The molecule has 1 aliphatic rings. The molecule has 0 bridgehead atoms. The minimum absolute atomic E-state index is 0.252. The molecule has 0 aliphatic heterocycles. The highest BCUT2D eigenvalue weighted by Gasteiger charge is 2.19. The topological polar surface area (TPSA) is 12.0 Å². The van der Waals surface area contributed by atoms with E-state index in [9.17, 15) is 0 Å². The van der Waals surface area contributed by atoms with E-state index in [1.54, 1.807) is 0 Å². The summed E-state index contributed by atoms with van der Waals surface area (Å²) in [5.74, 6) is 0. The second-order valence-electron chi connectivity index (χ2n) is 7.04. The van der Waals surface area contributed by atoms with E-state index in [1.165, 1.54) is 36.8 Å². The van der Waals surface area contributed by atoms with Gasteiger partial charge in [0, 0.05) is 17.8 Å². The average molecular weight is 292 g/mol. The predicted molar refractivity (Wildman–Crippen MR) is 91.5 cm³/mol. The van der Waals surface area contributed by atoms with Crippen molar-refractivity contribution in [2.75, 3.05) is 6.26 Å². The molecule has 1 aromatic rings. The quantitative estimate of drug-likeness (QED) is 0.859. The monoisotopic (exact) mass is 291 g/mol. The van der Waals surface area contributed by atoms with E-state index in [2.05, 4.69) is 56.6 Å². The molecular formula is C18H29NS. The smallest absolute Gasteiger partial charge is 0.0208 e. The van der Waals surface area contributed by atoms with Gasteiger partial charge in [-0.2, -0.15) is 11.8 Å². The molecule has 2 rings (SSSR count). The van der Waals surface area contributed by atoms with Gasteiger partial charge in [0.2, 0.25) is 0 Å². The van der Waals surface area contributed by atoms with Crippen molar-refractivity contribution in [3.05, 3.63) is 35.4 Å². The Bertz CT molecular complexity index is 396. The maximum absolute atomic E-state index is 3.73. The molecule has 112 valence electrons. The summed E-state index contributed by atoms with van der Waals surface area (Å²) in [5.41, 5.74) is 3.08. The van der Waals surface area contributed by atoms with Crippen molar-refractivity contribution in [1.82, 2.24) is 5.32 Å². The summed E-state index contributed by atoms with van der Waals surface area (Å²) in [7, 11) is 0. The molecule has 2 heteroatoms. The van der Waals surface area contributed by atoms with Crippen LogP contribution >= 0.6 is 11.8 Å². The molecule has 0 saturated heterocycles. The van der Waals surface area contributed by atoms with Crippen molar-refractivity contribution >= 4 is 11.8 Å². The van der Waals surface area contributed by atoms with Crippen LogP contribution in [0.25, 0.3) is 0 Å². The van der Waals surface area contributed by atoms with Gasteiger partial charge in [-0.25, -0.2) is 0 Å². The van der Waals surface area contributed by atoms with Gasteiger partial charge in [0.1, 0.15) is 0 Å². The first kappa shape index (κ1) is 15.9. The normalized spacial score (nSPS) is 23.8. The van der Waals surface area contributed by atoms with Crippen molar-refractivity contribution in [2.45, 2.75) is 69.7 Å². The zero-order valence-corrected chi connectivity index (χ0v) is 14.2. The van der Waals surface area contributed by atoms with E-state index >= 15 is 0 Å². The van der Waals surface area contributed by atoms with Gasteiger partial charge in [-0.3, -0.25) is 0 Å². The summed E-state index contributed by atoms with van der Waals surface area (Å²) in [6.45, 7) is 7.82. The molecule has 0 unspecified atom stereocenters. The predicted octanol–water partition coefficient (Wildman–Crippen LogP) is 4.75. The van der Waals surface area contributed by atoms with Crippen LogP contribution in [0.5, 0.6) is 0 Å². The maximum atomic E-state index is 3.73. The Morgan fingerprint density at radius 1 is 1.05 bits per heavy atom. The molecule has 20 heavy (non-hydrogen) atoms. The Balaban J connectivity index is 1.80. The highest BCUT2D eigenvalue weighted by atomic mass is 32.2. The Labute approximate surface area is 128 Å². The number of hydrogen-bond donors (Lipinski definition) is 1. The maximum Gasteiger partial charge on any atom is 0.0208 e. The van der Waals surface area contributed by atoms with Crippen molar-refractivity contribution < 1.29 is 0 Å². The minimum atomic E-state index is 0.252. The molecule has 1 N–H and O–H groups in total. The van der Waals surface area contributed by atoms with Crippen LogP contribution in [0.2, 0.25) is 0 Å². The Morgan fingerprint density at radius 2 is 1.65 bits per heavy atom. The fraction of sp³-hybridized carbons (Fsp3) is 0.667. The van der Waals surface area contributed by atoms with Gasteiger partial charge < -0.3 is 5.32 Å². The Hall–Kier alpha value is -0.470. The van der Waals surface area contributed by atoms with Crippen LogP contribution in [0.3, 0.4) is 0 Å². The summed E-state index contributed by atoms with van der Waals surface area (Å²) in [4.78, 5) is 0. The van der Waals surface area contributed by atoms with Crippen molar-refractivity contribution in [3.63, 3.8) is 0 Å². The fourth-order valence-electron chi connectivity index (χ4n) is 2.89. The first-order valence-electron chi connectivity index (χ1n) is 7.84. The average Bonchev–Trinajstić information content (AvgIpc) is 2.45. The van der Waals surface area contributed by atoms with Gasteiger partial charge in [0.05, 0.1) is 0 Å². The van der Waals surface area contributed by atoms with Crippen LogP contribution in [0.1, 0.15) is 57.6 Å². The second kappa shape index (κ2) is 7.00. The molecule has 0 aromatic heterocycles. The standard InChI is InChI=1S/C18H29NS/c1-18(2,3)15-7-5-14(6-8-15)13-19-16-9-11-17(20-4)12-10-16/h5-8,16-17,19H,9-13H2,1-4H3. The third kappa shape index (κ3) is 4.53. The number of nitrogens with one attached hydrogen (secondary N) is 1. The van der Waals surface area contributed by atoms with Gasteiger partial charge in [-0.1, -0.05) is 45.0 Å². The number of rotatable bonds is 4.